The summed E-state index contributed by atoms with van der Waals surface area (Å²) in [4.78, 5) is 23.5. The fraction of sp³-hybridized carbons (Fsp3) is 0.733. The smallest absolute Gasteiger partial charge is 0.331 e. The highest BCUT2D eigenvalue weighted by Gasteiger charge is 2.66. The zero-order valence-electron chi connectivity index (χ0n) is 11.2. The molecule has 0 saturated heterocycles. The molecular weight excluding hydrogens is 228 g/mol. The molecule has 98 valence electrons. The molecule has 0 aromatic rings. The number of Topliss-reactive ketones (excluding diaryl/α,β-unsaturated/α-hetero) is 1. The molecule has 1 N–H and O–H groups in total. The first kappa shape index (κ1) is 11.9. The Morgan fingerprint density at radius 3 is 2.72 bits per heavy atom. The Morgan fingerprint density at radius 2 is 2.11 bits per heavy atom. The van der Waals surface area contributed by atoms with Gasteiger partial charge in [-0.15, -0.1) is 0 Å². The summed E-state index contributed by atoms with van der Waals surface area (Å²) in [6.07, 6.45) is 4.39. The number of carbonyl (C=O) groups excluding carboxylic acids is 1. The standard InChI is InChI=1S/C15H20O3/c1-8-12(16)5-11-10(13(17)18)4-9-6-14(2,3)7-15(8,9)11/h4,8-9,11H,5-7H2,1-3H3,(H,17,18)/t8-,9-,11+,15?/m1/s1. The van der Waals surface area contributed by atoms with Gasteiger partial charge in [0.15, 0.2) is 0 Å². The third-order valence-corrected chi connectivity index (χ3v) is 5.59. The Morgan fingerprint density at radius 1 is 1.44 bits per heavy atom. The van der Waals surface area contributed by atoms with Crippen molar-refractivity contribution in [3.63, 3.8) is 0 Å². The van der Waals surface area contributed by atoms with Crippen molar-refractivity contribution in [3.05, 3.63) is 11.6 Å². The number of ketones is 1. The molecule has 0 amide bonds. The highest BCUT2D eigenvalue weighted by atomic mass is 16.4. The summed E-state index contributed by atoms with van der Waals surface area (Å²) in [5.41, 5.74) is 0.643. The van der Waals surface area contributed by atoms with E-state index >= 15 is 0 Å². The van der Waals surface area contributed by atoms with Gasteiger partial charge in [-0.05, 0) is 29.6 Å². The van der Waals surface area contributed by atoms with Crippen molar-refractivity contribution in [2.45, 2.75) is 40.0 Å². The van der Waals surface area contributed by atoms with Gasteiger partial charge in [0.25, 0.3) is 0 Å². The van der Waals surface area contributed by atoms with Crippen LogP contribution in [0.25, 0.3) is 0 Å². The average Bonchev–Trinajstić information content (AvgIpc) is 2.74. The van der Waals surface area contributed by atoms with Crippen LogP contribution in [0, 0.1) is 28.6 Å². The number of carbonyl (C=O) groups is 2. The van der Waals surface area contributed by atoms with E-state index < -0.39 is 5.97 Å². The predicted octanol–water partition coefficient (Wildman–Crippen LogP) is 2.66. The van der Waals surface area contributed by atoms with Gasteiger partial charge < -0.3 is 5.11 Å². The minimum absolute atomic E-state index is 0.0161. The molecule has 2 saturated carbocycles. The molecule has 18 heavy (non-hydrogen) atoms. The minimum Gasteiger partial charge on any atom is -0.478 e. The van der Waals surface area contributed by atoms with Crippen LogP contribution < -0.4 is 0 Å². The van der Waals surface area contributed by atoms with Crippen LogP contribution in [-0.4, -0.2) is 16.9 Å². The average molecular weight is 248 g/mol. The monoisotopic (exact) mass is 248 g/mol. The Labute approximate surface area is 107 Å². The molecule has 3 heteroatoms. The Hall–Kier alpha value is -1.12. The number of carboxylic acid groups (broad SMARTS) is 1. The van der Waals surface area contributed by atoms with E-state index in [1.165, 1.54) is 0 Å². The first-order valence-corrected chi connectivity index (χ1v) is 6.76. The maximum absolute atomic E-state index is 12.1. The van der Waals surface area contributed by atoms with Crippen LogP contribution in [0.5, 0.6) is 0 Å². The zero-order chi connectivity index (χ0) is 13.3. The van der Waals surface area contributed by atoms with Crippen molar-refractivity contribution >= 4 is 11.8 Å². The molecule has 0 bridgehead atoms. The zero-order valence-corrected chi connectivity index (χ0v) is 11.2. The summed E-state index contributed by atoms with van der Waals surface area (Å²) in [6, 6.07) is 0. The van der Waals surface area contributed by atoms with Crippen molar-refractivity contribution in [1.82, 2.24) is 0 Å². The van der Waals surface area contributed by atoms with Gasteiger partial charge in [-0.2, -0.15) is 0 Å². The minimum atomic E-state index is -0.825. The third-order valence-electron chi connectivity index (χ3n) is 5.59. The topological polar surface area (TPSA) is 54.4 Å². The second-order valence-corrected chi connectivity index (χ2v) is 7.14. The Kier molecular flexibility index (Phi) is 2.16. The molecule has 3 rings (SSSR count). The molecule has 1 spiro atoms. The van der Waals surface area contributed by atoms with Crippen LogP contribution in [0.2, 0.25) is 0 Å². The molecular formula is C15H20O3. The van der Waals surface area contributed by atoms with Gasteiger partial charge in [0.05, 0.1) is 0 Å². The van der Waals surface area contributed by atoms with E-state index in [0.717, 1.165) is 12.8 Å². The number of carboxylic acids is 1. The molecule has 3 nitrogen and oxygen atoms in total. The molecule has 0 aromatic heterocycles. The molecule has 2 fully saturated rings. The molecule has 0 aromatic carbocycles. The first-order chi connectivity index (χ1) is 8.28. The van der Waals surface area contributed by atoms with Crippen LogP contribution >= 0.6 is 0 Å². The molecule has 0 radical (unpaired) electrons. The highest BCUT2D eigenvalue weighted by Crippen LogP contribution is 2.69. The maximum Gasteiger partial charge on any atom is 0.331 e. The van der Waals surface area contributed by atoms with Crippen LogP contribution in [-0.2, 0) is 9.59 Å². The van der Waals surface area contributed by atoms with Crippen LogP contribution in [0.15, 0.2) is 11.6 Å². The normalized spacial score (nSPS) is 44.7. The maximum atomic E-state index is 12.1. The van der Waals surface area contributed by atoms with E-state index in [4.69, 9.17) is 0 Å². The lowest BCUT2D eigenvalue weighted by molar-refractivity contribution is -0.133. The highest BCUT2D eigenvalue weighted by molar-refractivity contribution is 5.93. The number of rotatable bonds is 1. The van der Waals surface area contributed by atoms with Gasteiger partial charge in [-0.25, -0.2) is 4.79 Å². The predicted molar refractivity (Wildman–Crippen MR) is 66.9 cm³/mol. The van der Waals surface area contributed by atoms with E-state index in [1.807, 2.05) is 13.0 Å². The molecule has 3 aliphatic carbocycles. The quantitative estimate of drug-likeness (QED) is 0.776. The second-order valence-electron chi connectivity index (χ2n) is 7.14. The van der Waals surface area contributed by atoms with Gasteiger partial charge in [0.2, 0.25) is 0 Å². The van der Waals surface area contributed by atoms with Gasteiger partial charge >= 0.3 is 5.97 Å². The van der Waals surface area contributed by atoms with Crippen molar-refractivity contribution < 1.29 is 14.7 Å². The largest absolute Gasteiger partial charge is 0.478 e. The lowest BCUT2D eigenvalue weighted by Gasteiger charge is -2.35. The summed E-state index contributed by atoms with van der Waals surface area (Å²) in [5, 5.41) is 9.34. The van der Waals surface area contributed by atoms with Gasteiger partial charge in [-0.1, -0.05) is 26.8 Å². The third kappa shape index (κ3) is 1.25. The van der Waals surface area contributed by atoms with Crippen LogP contribution in [0.3, 0.4) is 0 Å². The first-order valence-electron chi connectivity index (χ1n) is 6.76. The summed E-state index contributed by atoms with van der Waals surface area (Å²) < 4.78 is 0. The van der Waals surface area contributed by atoms with Gasteiger partial charge in [0.1, 0.15) is 5.78 Å². The van der Waals surface area contributed by atoms with E-state index in [-0.39, 0.29) is 34.4 Å². The number of hydrogen-bond donors (Lipinski definition) is 1. The van der Waals surface area contributed by atoms with E-state index in [9.17, 15) is 14.7 Å². The molecule has 3 aliphatic rings. The lowest BCUT2D eigenvalue weighted by Crippen LogP contribution is -2.33. The summed E-state index contributed by atoms with van der Waals surface area (Å²) in [7, 11) is 0. The van der Waals surface area contributed by atoms with Crippen molar-refractivity contribution in [1.29, 1.82) is 0 Å². The van der Waals surface area contributed by atoms with Crippen LogP contribution in [0.1, 0.15) is 40.0 Å². The SMILES string of the molecule is C[C@@H]1C(=O)C[C@H]2C(C(=O)O)=C[C@@H]3CC(C)(C)CC312. The van der Waals surface area contributed by atoms with Gasteiger partial charge in [0, 0.05) is 23.8 Å². The second kappa shape index (κ2) is 3.25. The fourth-order valence-corrected chi connectivity index (χ4v) is 5.01. The lowest BCUT2D eigenvalue weighted by atomic mass is 9.67. The van der Waals surface area contributed by atoms with E-state index in [2.05, 4.69) is 13.8 Å². The van der Waals surface area contributed by atoms with Crippen LogP contribution in [0.4, 0.5) is 0 Å². The number of hydrogen-bond acceptors (Lipinski definition) is 2. The number of allylic oxidation sites excluding steroid dienone is 1. The van der Waals surface area contributed by atoms with E-state index in [0.29, 0.717) is 12.0 Å². The number of aliphatic carboxylic acids is 1. The summed E-state index contributed by atoms with van der Waals surface area (Å²) in [5.74, 6) is -0.306. The Balaban J connectivity index is 2.10. The fourth-order valence-electron chi connectivity index (χ4n) is 5.01. The van der Waals surface area contributed by atoms with Crippen molar-refractivity contribution in [3.8, 4) is 0 Å². The van der Waals surface area contributed by atoms with Crippen molar-refractivity contribution in [2.75, 3.05) is 0 Å². The summed E-state index contributed by atoms with van der Waals surface area (Å²) in [6.45, 7) is 6.48. The summed E-state index contributed by atoms with van der Waals surface area (Å²) >= 11 is 0. The molecule has 1 unspecified atom stereocenters. The van der Waals surface area contributed by atoms with Gasteiger partial charge in [-0.3, -0.25) is 4.79 Å². The molecule has 4 atom stereocenters. The Bertz CT molecular complexity index is 474. The van der Waals surface area contributed by atoms with E-state index in [1.54, 1.807) is 0 Å². The molecule has 0 heterocycles. The van der Waals surface area contributed by atoms with Crippen molar-refractivity contribution in [2.24, 2.45) is 28.6 Å². The molecule has 0 aliphatic heterocycles.